The van der Waals surface area contributed by atoms with Crippen LogP contribution >= 0.6 is 0 Å². The predicted octanol–water partition coefficient (Wildman–Crippen LogP) is 3.15. The molecule has 1 aliphatic heterocycles. The van der Waals surface area contributed by atoms with Crippen molar-refractivity contribution in [2.45, 2.75) is 19.3 Å². The molecule has 1 saturated heterocycles. The summed E-state index contributed by atoms with van der Waals surface area (Å²) in [5.41, 5.74) is 2.86. The van der Waals surface area contributed by atoms with Crippen LogP contribution in [0, 0.1) is 5.82 Å². The van der Waals surface area contributed by atoms with E-state index in [-0.39, 0.29) is 17.6 Å². The zero-order valence-corrected chi connectivity index (χ0v) is 16.2. The highest BCUT2D eigenvalue weighted by Crippen LogP contribution is 2.19. The van der Waals surface area contributed by atoms with Gasteiger partial charge in [0.1, 0.15) is 5.82 Å². The number of nitrogens with one attached hydrogen (secondary N) is 1. The Morgan fingerprint density at radius 1 is 0.931 bits per heavy atom. The minimum absolute atomic E-state index is 0.0537. The molecule has 0 radical (unpaired) electrons. The van der Waals surface area contributed by atoms with Crippen LogP contribution in [0.15, 0.2) is 54.7 Å². The maximum Gasteiger partial charge on any atom is 0.227 e. The predicted molar refractivity (Wildman–Crippen MR) is 110 cm³/mol. The minimum Gasteiger partial charge on any atom is -0.361 e. The Labute approximate surface area is 169 Å². The van der Waals surface area contributed by atoms with Crippen LogP contribution in [-0.2, 0) is 22.4 Å². The number of carbonyl (C=O) groups excluding carboxylic acids is 2. The fraction of sp³-hybridized carbons (Fsp3) is 0.304. The van der Waals surface area contributed by atoms with E-state index in [1.807, 2.05) is 41.4 Å². The number of amides is 2. The molecule has 1 N–H and O–H groups in total. The summed E-state index contributed by atoms with van der Waals surface area (Å²) >= 11 is 0. The van der Waals surface area contributed by atoms with E-state index >= 15 is 0 Å². The van der Waals surface area contributed by atoms with Crippen LogP contribution in [0.4, 0.5) is 4.39 Å². The van der Waals surface area contributed by atoms with Crippen molar-refractivity contribution in [3.63, 3.8) is 0 Å². The fourth-order valence-electron chi connectivity index (χ4n) is 3.86. The van der Waals surface area contributed by atoms with Crippen molar-refractivity contribution >= 4 is 22.7 Å². The van der Waals surface area contributed by atoms with Gasteiger partial charge >= 0.3 is 0 Å². The third kappa shape index (κ3) is 4.47. The standard InChI is InChI=1S/C23H24FN3O2/c24-19-5-3-4-17(14-19)8-9-22(28)26-10-12-27(13-11-26)23(29)15-18-16-25-21-7-2-1-6-20(18)21/h1-7,14,16,25H,8-13,15H2. The second kappa shape index (κ2) is 8.47. The number of para-hydroxylation sites is 1. The van der Waals surface area contributed by atoms with Gasteiger partial charge in [-0.3, -0.25) is 9.59 Å². The zero-order valence-electron chi connectivity index (χ0n) is 16.2. The van der Waals surface area contributed by atoms with Gasteiger partial charge in [0.25, 0.3) is 0 Å². The lowest BCUT2D eigenvalue weighted by Gasteiger charge is -2.35. The van der Waals surface area contributed by atoms with Crippen molar-refractivity contribution in [3.05, 3.63) is 71.7 Å². The number of hydrogen-bond acceptors (Lipinski definition) is 2. The Bertz CT molecular complexity index is 1020. The summed E-state index contributed by atoms with van der Waals surface area (Å²) in [6.07, 6.45) is 3.13. The van der Waals surface area contributed by atoms with Crippen LogP contribution in [0.1, 0.15) is 17.5 Å². The molecule has 1 aromatic heterocycles. The molecule has 1 aliphatic rings. The molecule has 5 nitrogen and oxygen atoms in total. The van der Waals surface area contributed by atoms with E-state index < -0.39 is 0 Å². The Kier molecular flexibility index (Phi) is 5.60. The first-order valence-corrected chi connectivity index (χ1v) is 9.95. The Morgan fingerprint density at radius 3 is 2.41 bits per heavy atom. The number of H-pyrrole nitrogens is 1. The summed E-state index contributed by atoms with van der Waals surface area (Å²) in [6.45, 7) is 2.18. The number of aromatic nitrogens is 1. The fourth-order valence-corrected chi connectivity index (χ4v) is 3.86. The number of nitrogens with zero attached hydrogens (tertiary/aromatic N) is 2. The summed E-state index contributed by atoms with van der Waals surface area (Å²) in [5.74, 6) is -0.142. The van der Waals surface area contributed by atoms with E-state index in [1.165, 1.54) is 12.1 Å². The van der Waals surface area contributed by atoms with E-state index in [1.54, 1.807) is 11.0 Å². The quantitative estimate of drug-likeness (QED) is 0.724. The molecular weight excluding hydrogens is 369 g/mol. The van der Waals surface area contributed by atoms with Crippen molar-refractivity contribution < 1.29 is 14.0 Å². The van der Waals surface area contributed by atoms with E-state index in [2.05, 4.69) is 4.98 Å². The topological polar surface area (TPSA) is 56.4 Å². The van der Waals surface area contributed by atoms with Gasteiger partial charge in [0.05, 0.1) is 6.42 Å². The molecule has 150 valence electrons. The van der Waals surface area contributed by atoms with Crippen molar-refractivity contribution in [1.82, 2.24) is 14.8 Å². The van der Waals surface area contributed by atoms with Crippen LogP contribution < -0.4 is 0 Å². The van der Waals surface area contributed by atoms with Crippen LogP contribution in [-0.4, -0.2) is 52.8 Å². The molecule has 0 atom stereocenters. The lowest BCUT2D eigenvalue weighted by Crippen LogP contribution is -2.51. The molecule has 2 heterocycles. The number of aromatic amines is 1. The molecule has 6 heteroatoms. The van der Waals surface area contributed by atoms with Gasteiger partial charge < -0.3 is 14.8 Å². The van der Waals surface area contributed by atoms with E-state index in [9.17, 15) is 14.0 Å². The second-order valence-corrected chi connectivity index (χ2v) is 7.43. The maximum atomic E-state index is 13.3. The average molecular weight is 393 g/mol. The first kappa shape index (κ1) is 19.2. The number of halogens is 1. The van der Waals surface area contributed by atoms with Gasteiger partial charge in [0.15, 0.2) is 0 Å². The van der Waals surface area contributed by atoms with Gasteiger partial charge in [0.2, 0.25) is 11.8 Å². The third-order valence-electron chi connectivity index (χ3n) is 5.52. The first-order chi connectivity index (χ1) is 14.1. The molecule has 0 aliphatic carbocycles. The molecule has 0 saturated carbocycles. The third-order valence-corrected chi connectivity index (χ3v) is 5.52. The first-order valence-electron chi connectivity index (χ1n) is 9.95. The van der Waals surface area contributed by atoms with Crippen molar-refractivity contribution in [1.29, 1.82) is 0 Å². The van der Waals surface area contributed by atoms with Crippen molar-refractivity contribution in [3.8, 4) is 0 Å². The monoisotopic (exact) mass is 393 g/mol. The smallest absolute Gasteiger partial charge is 0.227 e. The number of piperazine rings is 1. The van der Waals surface area contributed by atoms with Gasteiger partial charge in [-0.1, -0.05) is 30.3 Å². The highest BCUT2D eigenvalue weighted by Gasteiger charge is 2.24. The van der Waals surface area contributed by atoms with E-state index in [0.29, 0.717) is 45.4 Å². The maximum absolute atomic E-state index is 13.3. The average Bonchev–Trinajstić information content (AvgIpc) is 3.15. The summed E-state index contributed by atoms with van der Waals surface area (Å²) in [4.78, 5) is 32.0. The van der Waals surface area contributed by atoms with Crippen LogP contribution in [0.2, 0.25) is 0 Å². The van der Waals surface area contributed by atoms with Crippen LogP contribution in [0.5, 0.6) is 0 Å². The molecule has 2 aromatic carbocycles. The summed E-state index contributed by atoms with van der Waals surface area (Å²) in [5, 5.41) is 1.08. The Balaban J connectivity index is 1.27. The van der Waals surface area contributed by atoms with Gasteiger partial charge in [-0.25, -0.2) is 4.39 Å². The molecule has 0 unspecified atom stereocenters. The van der Waals surface area contributed by atoms with Crippen molar-refractivity contribution in [2.75, 3.05) is 26.2 Å². The van der Waals surface area contributed by atoms with Gasteiger partial charge in [-0.2, -0.15) is 0 Å². The Morgan fingerprint density at radius 2 is 1.66 bits per heavy atom. The van der Waals surface area contributed by atoms with Gasteiger partial charge in [-0.15, -0.1) is 0 Å². The highest BCUT2D eigenvalue weighted by atomic mass is 19.1. The van der Waals surface area contributed by atoms with Gasteiger partial charge in [0, 0.05) is 49.7 Å². The van der Waals surface area contributed by atoms with Crippen LogP contribution in [0.25, 0.3) is 10.9 Å². The summed E-state index contributed by atoms with van der Waals surface area (Å²) in [7, 11) is 0. The molecule has 0 bridgehead atoms. The van der Waals surface area contributed by atoms with E-state index in [4.69, 9.17) is 0 Å². The number of hydrogen-bond donors (Lipinski definition) is 1. The number of carbonyl (C=O) groups is 2. The number of aryl methyl sites for hydroxylation is 1. The summed E-state index contributed by atoms with van der Waals surface area (Å²) in [6, 6.07) is 14.3. The largest absolute Gasteiger partial charge is 0.361 e. The Hall–Kier alpha value is -3.15. The molecule has 1 fully saturated rings. The lowest BCUT2D eigenvalue weighted by atomic mass is 10.1. The molecule has 3 aromatic rings. The van der Waals surface area contributed by atoms with Crippen molar-refractivity contribution in [2.24, 2.45) is 0 Å². The molecule has 2 amide bonds. The zero-order chi connectivity index (χ0) is 20.2. The summed E-state index contributed by atoms with van der Waals surface area (Å²) < 4.78 is 13.3. The van der Waals surface area contributed by atoms with E-state index in [0.717, 1.165) is 22.0 Å². The van der Waals surface area contributed by atoms with Gasteiger partial charge in [-0.05, 0) is 35.7 Å². The normalized spacial score (nSPS) is 14.4. The SMILES string of the molecule is O=C(CCc1cccc(F)c1)N1CCN(C(=O)Cc2c[nH]c3ccccc23)CC1. The lowest BCUT2D eigenvalue weighted by molar-refractivity contribution is -0.139. The van der Waals surface area contributed by atoms with Crippen LogP contribution in [0.3, 0.4) is 0 Å². The second-order valence-electron chi connectivity index (χ2n) is 7.43. The molecular formula is C23H24FN3O2. The minimum atomic E-state index is -0.280. The highest BCUT2D eigenvalue weighted by molar-refractivity contribution is 5.89. The molecule has 4 rings (SSSR count). The number of fused-ring (bicyclic) bond motifs is 1. The number of rotatable bonds is 5. The number of benzene rings is 2. The molecule has 29 heavy (non-hydrogen) atoms. The molecule has 0 spiro atoms.